The van der Waals surface area contributed by atoms with E-state index in [2.05, 4.69) is 10.1 Å². The van der Waals surface area contributed by atoms with Gasteiger partial charge in [0.2, 0.25) is 0 Å². The molecular formula is C14H18F3NO3. The fourth-order valence-corrected chi connectivity index (χ4v) is 2.03. The van der Waals surface area contributed by atoms with E-state index in [1.54, 1.807) is 6.92 Å². The van der Waals surface area contributed by atoms with Gasteiger partial charge in [-0.1, -0.05) is 12.1 Å². The lowest BCUT2D eigenvalue weighted by Gasteiger charge is -2.30. The van der Waals surface area contributed by atoms with Crippen molar-refractivity contribution in [3.8, 4) is 5.75 Å². The van der Waals surface area contributed by atoms with E-state index in [1.165, 1.54) is 19.2 Å². The normalized spacial score (nSPS) is 14.7. The molecule has 0 fully saturated rings. The van der Waals surface area contributed by atoms with Gasteiger partial charge in [-0.05, 0) is 38.5 Å². The average Bonchev–Trinajstić information content (AvgIpc) is 2.35. The number of ether oxygens (including phenoxy) is 2. The highest BCUT2D eigenvalue weighted by atomic mass is 19.4. The minimum Gasteiger partial charge on any atom is -0.467 e. The van der Waals surface area contributed by atoms with Crippen LogP contribution in [0.25, 0.3) is 0 Å². The lowest BCUT2D eigenvalue weighted by molar-refractivity contribution is -0.274. The van der Waals surface area contributed by atoms with Crippen LogP contribution in [0, 0.1) is 0 Å². The minimum atomic E-state index is -4.75. The van der Waals surface area contributed by atoms with Crippen molar-refractivity contribution in [3.63, 3.8) is 0 Å². The topological polar surface area (TPSA) is 47.6 Å². The molecule has 1 rings (SSSR count). The largest absolute Gasteiger partial charge is 0.573 e. The van der Waals surface area contributed by atoms with Gasteiger partial charge in [-0.15, -0.1) is 13.2 Å². The number of benzene rings is 1. The minimum absolute atomic E-state index is 0.0276. The summed E-state index contributed by atoms with van der Waals surface area (Å²) < 4.78 is 44.9. The zero-order chi connectivity index (χ0) is 16.3. The summed E-state index contributed by atoms with van der Waals surface area (Å²) in [4.78, 5) is 12.0. The Balaban J connectivity index is 3.07. The van der Waals surface area contributed by atoms with E-state index in [0.717, 1.165) is 12.1 Å². The number of esters is 1. The molecule has 0 bridgehead atoms. The van der Waals surface area contributed by atoms with Crippen molar-refractivity contribution < 1.29 is 27.4 Å². The first-order valence-electron chi connectivity index (χ1n) is 6.31. The third-order valence-corrected chi connectivity index (χ3v) is 2.84. The van der Waals surface area contributed by atoms with Crippen molar-refractivity contribution in [3.05, 3.63) is 29.8 Å². The predicted molar refractivity (Wildman–Crippen MR) is 70.8 cm³/mol. The molecule has 4 nitrogen and oxygen atoms in total. The van der Waals surface area contributed by atoms with Crippen molar-refractivity contribution in [2.45, 2.75) is 38.7 Å². The van der Waals surface area contributed by atoms with Gasteiger partial charge in [-0.2, -0.15) is 0 Å². The van der Waals surface area contributed by atoms with Crippen LogP contribution in [0.1, 0.15) is 26.3 Å². The van der Waals surface area contributed by atoms with E-state index in [-0.39, 0.29) is 11.8 Å². The molecule has 1 atom stereocenters. The number of rotatable bonds is 5. The molecule has 0 aliphatic heterocycles. The van der Waals surface area contributed by atoms with E-state index in [0.29, 0.717) is 5.56 Å². The van der Waals surface area contributed by atoms with Crippen LogP contribution < -0.4 is 10.1 Å². The maximum Gasteiger partial charge on any atom is 0.573 e. The molecule has 0 aliphatic carbocycles. The molecular weight excluding hydrogens is 287 g/mol. The Kier molecular flexibility index (Phi) is 5.22. The summed E-state index contributed by atoms with van der Waals surface area (Å²) in [7, 11) is 1.25. The quantitative estimate of drug-likeness (QED) is 0.850. The lowest BCUT2D eigenvalue weighted by Crippen LogP contribution is -2.50. The second-order valence-electron chi connectivity index (χ2n) is 4.99. The Bertz CT molecular complexity index is 485. The second-order valence-corrected chi connectivity index (χ2v) is 4.99. The first-order valence-corrected chi connectivity index (χ1v) is 6.31. The predicted octanol–water partition coefficient (Wildman–Crippen LogP) is 2.97. The highest BCUT2D eigenvalue weighted by molar-refractivity contribution is 5.82. The van der Waals surface area contributed by atoms with Crippen LogP contribution >= 0.6 is 0 Å². The Hall–Kier alpha value is -1.76. The monoisotopic (exact) mass is 305 g/mol. The van der Waals surface area contributed by atoms with Gasteiger partial charge in [0.25, 0.3) is 0 Å². The van der Waals surface area contributed by atoms with Gasteiger partial charge in [-0.3, -0.25) is 5.32 Å². The number of hydrogen-bond donors (Lipinski definition) is 1. The molecule has 0 saturated carbocycles. The molecule has 1 aromatic rings. The van der Waals surface area contributed by atoms with Gasteiger partial charge in [0.15, 0.2) is 0 Å². The van der Waals surface area contributed by atoms with Crippen LogP contribution in [0.4, 0.5) is 13.2 Å². The molecule has 1 unspecified atom stereocenters. The Labute approximate surface area is 121 Å². The summed E-state index contributed by atoms with van der Waals surface area (Å²) in [6.07, 6.45) is -4.75. The summed E-state index contributed by atoms with van der Waals surface area (Å²) in [5, 5.41) is 3.05. The van der Waals surface area contributed by atoms with Crippen molar-refractivity contribution in [1.82, 2.24) is 5.32 Å². The fraction of sp³-hybridized carbons (Fsp3) is 0.500. The van der Waals surface area contributed by atoms with E-state index in [9.17, 15) is 18.0 Å². The zero-order valence-corrected chi connectivity index (χ0v) is 12.2. The van der Waals surface area contributed by atoms with Crippen molar-refractivity contribution in [2.24, 2.45) is 0 Å². The summed E-state index contributed by atoms with van der Waals surface area (Å²) in [6, 6.07) is 5.08. The number of carbonyl (C=O) groups is 1. The number of methoxy groups -OCH3 is 1. The molecule has 1 aromatic carbocycles. The smallest absolute Gasteiger partial charge is 0.467 e. The Morgan fingerprint density at radius 1 is 1.19 bits per heavy atom. The van der Waals surface area contributed by atoms with Gasteiger partial charge in [0, 0.05) is 6.04 Å². The highest BCUT2D eigenvalue weighted by Crippen LogP contribution is 2.28. The number of halogens is 3. The number of alkyl halides is 3. The molecule has 7 heteroatoms. The summed E-state index contributed by atoms with van der Waals surface area (Å²) in [5.41, 5.74) is -0.669. The van der Waals surface area contributed by atoms with Crippen LogP contribution in [-0.4, -0.2) is 25.5 Å². The molecule has 0 radical (unpaired) electrons. The van der Waals surface area contributed by atoms with Gasteiger partial charge < -0.3 is 9.47 Å². The third-order valence-electron chi connectivity index (χ3n) is 2.84. The van der Waals surface area contributed by atoms with E-state index >= 15 is 0 Å². The van der Waals surface area contributed by atoms with Crippen LogP contribution in [-0.2, 0) is 15.1 Å². The number of hydrogen-bond acceptors (Lipinski definition) is 4. The highest BCUT2D eigenvalue weighted by Gasteiger charge is 2.37. The molecule has 1 N–H and O–H groups in total. The van der Waals surface area contributed by atoms with E-state index in [4.69, 9.17) is 4.74 Å². The molecule has 0 heterocycles. The van der Waals surface area contributed by atoms with Gasteiger partial charge >= 0.3 is 12.3 Å². The fourth-order valence-electron chi connectivity index (χ4n) is 2.03. The first-order chi connectivity index (χ1) is 9.58. The molecule has 0 spiro atoms. The summed E-state index contributed by atoms with van der Waals surface area (Å²) in [5.74, 6) is -0.872. The Morgan fingerprint density at radius 3 is 2.10 bits per heavy atom. The SMILES string of the molecule is COC(=O)C(C)(NC(C)C)c1ccc(OC(F)(F)F)cc1. The second kappa shape index (κ2) is 6.34. The summed E-state index contributed by atoms with van der Waals surface area (Å²) >= 11 is 0. The van der Waals surface area contributed by atoms with Crippen LogP contribution in [0.15, 0.2) is 24.3 Å². The molecule has 21 heavy (non-hydrogen) atoms. The molecule has 0 amide bonds. The standard InChI is InChI=1S/C14H18F3NO3/c1-9(2)18-13(3,12(19)20-4)10-5-7-11(8-6-10)21-14(15,16)17/h5-9,18H,1-4H3. The van der Waals surface area contributed by atoms with Gasteiger partial charge in [0.1, 0.15) is 11.3 Å². The van der Waals surface area contributed by atoms with Crippen molar-refractivity contribution in [2.75, 3.05) is 7.11 Å². The van der Waals surface area contributed by atoms with Crippen LogP contribution in [0.3, 0.4) is 0 Å². The van der Waals surface area contributed by atoms with Gasteiger partial charge in [0.05, 0.1) is 7.11 Å². The third kappa shape index (κ3) is 4.63. The lowest BCUT2D eigenvalue weighted by atomic mass is 9.91. The maximum absolute atomic E-state index is 12.1. The van der Waals surface area contributed by atoms with E-state index < -0.39 is 17.9 Å². The first kappa shape index (κ1) is 17.3. The average molecular weight is 305 g/mol. The maximum atomic E-state index is 12.1. The van der Waals surface area contributed by atoms with Crippen molar-refractivity contribution >= 4 is 5.97 Å². The molecule has 0 aliphatic rings. The zero-order valence-electron chi connectivity index (χ0n) is 12.2. The number of carbonyl (C=O) groups excluding carboxylic acids is 1. The molecule has 118 valence electrons. The molecule has 0 aromatic heterocycles. The Morgan fingerprint density at radius 2 is 1.71 bits per heavy atom. The van der Waals surface area contributed by atoms with Crippen LogP contribution in [0.2, 0.25) is 0 Å². The van der Waals surface area contributed by atoms with E-state index in [1.807, 2.05) is 13.8 Å². The van der Waals surface area contributed by atoms with Crippen molar-refractivity contribution in [1.29, 1.82) is 0 Å². The molecule has 0 saturated heterocycles. The van der Waals surface area contributed by atoms with Crippen LogP contribution in [0.5, 0.6) is 5.75 Å². The summed E-state index contributed by atoms with van der Waals surface area (Å²) in [6.45, 7) is 5.31. The number of nitrogens with one attached hydrogen (secondary N) is 1. The van der Waals surface area contributed by atoms with Gasteiger partial charge in [-0.25, -0.2) is 4.79 Å².